The molecule has 0 aliphatic carbocycles. The van der Waals surface area contributed by atoms with Crippen molar-refractivity contribution in [2.75, 3.05) is 18.5 Å². The van der Waals surface area contributed by atoms with E-state index in [9.17, 15) is 13.5 Å². The Labute approximate surface area is 166 Å². The van der Waals surface area contributed by atoms with Gasteiger partial charge in [0, 0.05) is 18.2 Å². The molecule has 3 atom stereocenters. The van der Waals surface area contributed by atoms with Crippen LogP contribution < -0.4 is 5.32 Å². The Kier molecular flexibility index (Phi) is 5.04. The average Bonchev–Trinajstić information content (AvgIpc) is 3.14. The number of aliphatic hydroxyl groups excluding tert-OH is 1. The molecule has 5 nitrogen and oxygen atoms in total. The first-order valence-corrected chi connectivity index (χ1v) is 11.1. The third kappa shape index (κ3) is 3.15. The van der Waals surface area contributed by atoms with Crippen LogP contribution in [0.25, 0.3) is 6.08 Å². The maximum Gasteiger partial charge on any atom is 0.243 e. The van der Waals surface area contributed by atoms with Crippen LogP contribution in [0.1, 0.15) is 36.1 Å². The molecule has 0 aromatic heterocycles. The number of nitrogens with zero attached hydrogens (tertiary/aromatic N) is 1. The summed E-state index contributed by atoms with van der Waals surface area (Å²) >= 11 is 0. The summed E-state index contributed by atoms with van der Waals surface area (Å²) in [5.74, 6) is 0.0404. The Morgan fingerprint density at radius 2 is 1.96 bits per heavy atom. The number of aryl methyl sites for hydroxylation is 1. The van der Waals surface area contributed by atoms with E-state index in [0.29, 0.717) is 11.4 Å². The molecule has 0 amide bonds. The van der Waals surface area contributed by atoms with E-state index in [1.54, 1.807) is 16.4 Å². The molecule has 2 aromatic carbocycles. The zero-order valence-electron chi connectivity index (χ0n) is 16.2. The molecule has 0 saturated carbocycles. The van der Waals surface area contributed by atoms with Gasteiger partial charge in [-0.15, -0.1) is 0 Å². The molecule has 0 unspecified atom stereocenters. The van der Waals surface area contributed by atoms with E-state index >= 15 is 0 Å². The molecule has 1 saturated heterocycles. The number of sulfonamides is 1. The van der Waals surface area contributed by atoms with Gasteiger partial charge < -0.3 is 10.4 Å². The smallest absolute Gasteiger partial charge is 0.243 e. The van der Waals surface area contributed by atoms with Gasteiger partial charge in [-0.1, -0.05) is 35.9 Å². The van der Waals surface area contributed by atoms with Crippen LogP contribution in [0.15, 0.2) is 53.4 Å². The molecule has 28 heavy (non-hydrogen) atoms. The third-order valence-corrected chi connectivity index (χ3v) is 7.73. The Balaban J connectivity index is 1.81. The fourth-order valence-electron chi connectivity index (χ4n) is 4.45. The summed E-state index contributed by atoms with van der Waals surface area (Å²) in [6.45, 7) is 4.35. The summed E-state index contributed by atoms with van der Waals surface area (Å²) < 4.78 is 28.5. The highest BCUT2D eigenvalue weighted by molar-refractivity contribution is 7.89. The first kappa shape index (κ1) is 19.2. The van der Waals surface area contributed by atoms with Crippen LogP contribution in [0.3, 0.4) is 0 Å². The third-order valence-electron chi connectivity index (χ3n) is 5.83. The highest BCUT2D eigenvalue weighted by Gasteiger charge is 2.48. The molecule has 2 aliphatic heterocycles. The maximum absolute atomic E-state index is 13.4. The number of hydrogen-bond donors (Lipinski definition) is 2. The molecule has 4 rings (SSSR count). The summed E-state index contributed by atoms with van der Waals surface area (Å²) in [4.78, 5) is 0.323. The van der Waals surface area contributed by atoms with Crippen molar-refractivity contribution in [1.82, 2.24) is 4.31 Å². The van der Waals surface area contributed by atoms with Gasteiger partial charge >= 0.3 is 0 Å². The van der Waals surface area contributed by atoms with E-state index < -0.39 is 10.0 Å². The number of allylic oxidation sites excluding steroid dienone is 1. The molecule has 0 spiro atoms. The van der Waals surface area contributed by atoms with E-state index in [1.807, 2.05) is 50.3 Å². The fourth-order valence-corrected chi connectivity index (χ4v) is 6.12. The number of fused-ring (bicyclic) bond motifs is 3. The highest BCUT2D eigenvalue weighted by Crippen LogP contribution is 2.48. The van der Waals surface area contributed by atoms with Crippen LogP contribution in [0.4, 0.5) is 5.69 Å². The number of benzene rings is 2. The molecule has 2 aliphatic rings. The minimum Gasteiger partial charge on any atom is -0.394 e. The van der Waals surface area contributed by atoms with Gasteiger partial charge in [-0.05, 0) is 55.7 Å². The van der Waals surface area contributed by atoms with Crippen LogP contribution in [0, 0.1) is 12.8 Å². The van der Waals surface area contributed by atoms with Gasteiger partial charge in [0.1, 0.15) is 0 Å². The quantitative estimate of drug-likeness (QED) is 0.826. The van der Waals surface area contributed by atoms with Crippen LogP contribution >= 0.6 is 0 Å². The Hall–Kier alpha value is -2.15. The summed E-state index contributed by atoms with van der Waals surface area (Å²) in [7, 11) is -3.62. The van der Waals surface area contributed by atoms with E-state index in [0.717, 1.165) is 28.8 Å². The van der Waals surface area contributed by atoms with Crippen LogP contribution in [0.5, 0.6) is 0 Å². The molecule has 1 fully saturated rings. The van der Waals surface area contributed by atoms with Gasteiger partial charge in [0.2, 0.25) is 10.0 Å². The number of rotatable bonds is 4. The molecule has 148 valence electrons. The first-order valence-electron chi connectivity index (χ1n) is 9.68. The highest BCUT2D eigenvalue weighted by atomic mass is 32.2. The van der Waals surface area contributed by atoms with E-state index in [1.165, 1.54) is 0 Å². The Bertz CT molecular complexity index is 999. The molecule has 2 heterocycles. The lowest BCUT2D eigenvalue weighted by atomic mass is 9.83. The second-order valence-electron chi connectivity index (χ2n) is 7.61. The second kappa shape index (κ2) is 7.35. The standard InChI is InChI=1S/C22H26N2O3S/c1-3-4-16-7-10-20-19(13-16)22-18(21(14-25)23-20)11-12-24(22)28(26,27)17-8-5-15(2)6-9-17/h3-10,13,18,21-23,25H,11-12,14H2,1-2H3/t18-,21+,22-/m0/s1. The molecule has 6 heteroatoms. The number of nitrogens with one attached hydrogen (secondary N) is 1. The van der Waals surface area contributed by atoms with Gasteiger partial charge in [0.05, 0.1) is 23.6 Å². The van der Waals surface area contributed by atoms with Crippen LogP contribution in [0.2, 0.25) is 0 Å². The monoisotopic (exact) mass is 398 g/mol. The number of anilines is 1. The number of hydrogen-bond acceptors (Lipinski definition) is 4. The normalized spacial score (nSPS) is 24.8. The lowest BCUT2D eigenvalue weighted by Crippen LogP contribution is -2.42. The molecular formula is C22H26N2O3S. The molecule has 2 N–H and O–H groups in total. The van der Waals surface area contributed by atoms with Crippen LogP contribution in [-0.4, -0.2) is 37.0 Å². The summed E-state index contributed by atoms with van der Waals surface area (Å²) in [5, 5.41) is 13.3. The predicted octanol–water partition coefficient (Wildman–Crippen LogP) is 3.57. The van der Waals surface area contributed by atoms with E-state index in [4.69, 9.17) is 0 Å². The fraction of sp³-hybridized carbons (Fsp3) is 0.364. The maximum atomic E-state index is 13.4. The lowest BCUT2D eigenvalue weighted by Gasteiger charge is -2.39. The summed E-state index contributed by atoms with van der Waals surface area (Å²) in [6.07, 6.45) is 4.71. The second-order valence-corrected chi connectivity index (χ2v) is 9.50. The lowest BCUT2D eigenvalue weighted by molar-refractivity contribution is 0.210. The van der Waals surface area contributed by atoms with Gasteiger partial charge in [-0.2, -0.15) is 4.31 Å². The van der Waals surface area contributed by atoms with Crippen LogP contribution in [-0.2, 0) is 10.0 Å². The zero-order chi connectivity index (χ0) is 19.9. The minimum absolute atomic E-state index is 0.0182. The predicted molar refractivity (Wildman–Crippen MR) is 112 cm³/mol. The van der Waals surface area contributed by atoms with Crippen molar-refractivity contribution in [2.24, 2.45) is 5.92 Å². The molecule has 0 bridgehead atoms. The van der Waals surface area contributed by atoms with E-state index in [2.05, 4.69) is 11.4 Å². The Morgan fingerprint density at radius 3 is 2.64 bits per heavy atom. The van der Waals surface area contributed by atoms with Crippen molar-refractivity contribution in [2.45, 2.75) is 37.2 Å². The van der Waals surface area contributed by atoms with Gasteiger partial charge in [0.15, 0.2) is 0 Å². The molecule has 2 aromatic rings. The van der Waals surface area contributed by atoms with Crippen molar-refractivity contribution >= 4 is 21.8 Å². The number of aliphatic hydroxyl groups is 1. The van der Waals surface area contributed by atoms with Crippen molar-refractivity contribution in [1.29, 1.82) is 0 Å². The summed E-state index contributed by atoms with van der Waals surface area (Å²) in [5.41, 5.74) is 3.96. The minimum atomic E-state index is -3.62. The SMILES string of the molecule is CC=Cc1ccc2c(c1)[C@@H]1[C@@H](CCN1S(=O)(=O)c1ccc(C)cc1)[C@@H](CO)N2. The zero-order valence-corrected chi connectivity index (χ0v) is 17.0. The van der Waals surface area contributed by atoms with Crippen molar-refractivity contribution in [3.8, 4) is 0 Å². The summed E-state index contributed by atoms with van der Waals surface area (Å²) in [6, 6.07) is 12.7. The van der Waals surface area contributed by atoms with Crippen molar-refractivity contribution in [3.63, 3.8) is 0 Å². The average molecular weight is 399 g/mol. The van der Waals surface area contributed by atoms with Gasteiger partial charge in [-0.3, -0.25) is 0 Å². The topological polar surface area (TPSA) is 69.6 Å². The molecule has 0 radical (unpaired) electrons. The largest absolute Gasteiger partial charge is 0.394 e. The van der Waals surface area contributed by atoms with Crippen molar-refractivity contribution < 1.29 is 13.5 Å². The molecular weight excluding hydrogens is 372 g/mol. The Morgan fingerprint density at radius 1 is 1.21 bits per heavy atom. The van der Waals surface area contributed by atoms with Crippen molar-refractivity contribution in [3.05, 3.63) is 65.2 Å². The first-order chi connectivity index (χ1) is 13.5. The van der Waals surface area contributed by atoms with Gasteiger partial charge in [0.25, 0.3) is 0 Å². The van der Waals surface area contributed by atoms with Gasteiger partial charge in [-0.25, -0.2) is 8.42 Å². The van der Waals surface area contributed by atoms with E-state index in [-0.39, 0.29) is 24.6 Å².